The number of nitrogens with zero attached hydrogens (tertiary/aromatic N) is 2. The molecule has 0 aliphatic carbocycles. The number of hydrazine groups is 1. The highest BCUT2D eigenvalue weighted by Gasteiger charge is 2.09. The molecule has 4 N–H and O–H groups in total. The first-order valence-electron chi connectivity index (χ1n) is 6.00. The number of methoxy groups -OCH3 is 1. The van der Waals surface area contributed by atoms with E-state index in [0.717, 1.165) is 29.2 Å². The molecule has 1 heterocycles. The van der Waals surface area contributed by atoms with Crippen molar-refractivity contribution in [2.24, 2.45) is 5.84 Å². The second kappa shape index (κ2) is 6.01. The molecule has 19 heavy (non-hydrogen) atoms. The molecule has 0 bridgehead atoms. The fourth-order valence-corrected chi connectivity index (χ4v) is 1.82. The van der Waals surface area contributed by atoms with E-state index in [-0.39, 0.29) is 0 Å². The second-order valence-corrected chi connectivity index (χ2v) is 3.90. The predicted octanol–water partition coefficient (Wildman–Crippen LogP) is 2.08. The molecule has 0 radical (unpaired) electrons. The number of nitrogen functional groups attached to an aromatic ring is 1. The molecule has 2 rings (SSSR count). The molecule has 6 heteroatoms. The van der Waals surface area contributed by atoms with Crippen molar-refractivity contribution in [2.75, 3.05) is 17.9 Å². The number of hydrogen-bond acceptors (Lipinski definition) is 6. The molecule has 0 fully saturated rings. The number of rotatable bonds is 5. The lowest BCUT2D eigenvalue weighted by atomic mass is 10.2. The molecule has 0 amide bonds. The monoisotopic (exact) mass is 259 g/mol. The van der Waals surface area contributed by atoms with Gasteiger partial charge in [0, 0.05) is 17.3 Å². The van der Waals surface area contributed by atoms with Crippen LogP contribution in [0, 0.1) is 0 Å². The van der Waals surface area contributed by atoms with Gasteiger partial charge in [-0.15, -0.1) is 0 Å². The first kappa shape index (κ1) is 13.1. The van der Waals surface area contributed by atoms with Gasteiger partial charge < -0.3 is 15.5 Å². The average Bonchev–Trinajstić information content (AvgIpc) is 2.47. The van der Waals surface area contributed by atoms with Crippen molar-refractivity contribution in [1.29, 1.82) is 0 Å². The third-order valence-corrected chi connectivity index (χ3v) is 2.77. The summed E-state index contributed by atoms with van der Waals surface area (Å²) in [5.74, 6) is 7.60. The van der Waals surface area contributed by atoms with Crippen LogP contribution in [0.1, 0.15) is 12.5 Å². The van der Waals surface area contributed by atoms with E-state index in [1.165, 1.54) is 6.33 Å². The fourth-order valence-electron chi connectivity index (χ4n) is 1.82. The maximum atomic E-state index is 5.45. The van der Waals surface area contributed by atoms with Crippen LogP contribution in [0.25, 0.3) is 0 Å². The first-order valence-corrected chi connectivity index (χ1v) is 6.00. The number of ether oxygens (including phenoxy) is 1. The van der Waals surface area contributed by atoms with E-state index >= 15 is 0 Å². The van der Waals surface area contributed by atoms with Gasteiger partial charge in [0.2, 0.25) is 0 Å². The zero-order chi connectivity index (χ0) is 13.7. The van der Waals surface area contributed by atoms with Gasteiger partial charge in [-0.25, -0.2) is 15.8 Å². The van der Waals surface area contributed by atoms with Gasteiger partial charge in [0.05, 0.1) is 7.11 Å². The van der Waals surface area contributed by atoms with E-state index < -0.39 is 0 Å². The second-order valence-electron chi connectivity index (χ2n) is 3.90. The number of benzene rings is 1. The van der Waals surface area contributed by atoms with Crippen LogP contribution in [-0.2, 0) is 6.42 Å². The molecule has 0 aliphatic rings. The van der Waals surface area contributed by atoms with Crippen molar-refractivity contribution < 1.29 is 4.74 Å². The van der Waals surface area contributed by atoms with Crippen LogP contribution in [0.3, 0.4) is 0 Å². The first-order chi connectivity index (χ1) is 9.28. The minimum absolute atomic E-state index is 0.628. The largest absolute Gasteiger partial charge is 0.497 e. The molecule has 0 atom stereocenters. The third kappa shape index (κ3) is 2.92. The summed E-state index contributed by atoms with van der Waals surface area (Å²) in [4.78, 5) is 8.34. The van der Waals surface area contributed by atoms with Crippen LogP contribution < -0.4 is 21.3 Å². The lowest BCUT2D eigenvalue weighted by Crippen LogP contribution is -2.13. The van der Waals surface area contributed by atoms with Crippen LogP contribution >= 0.6 is 0 Å². The van der Waals surface area contributed by atoms with E-state index in [9.17, 15) is 0 Å². The van der Waals surface area contributed by atoms with Gasteiger partial charge >= 0.3 is 0 Å². The topological polar surface area (TPSA) is 85.1 Å². The van der Waals surface area contributed by atoms with Crippen molar-refractivity contribution in [3.8, 4) is 5.75 Å². The van der Waals surface area contributed by atoms with Crippen molar-refractivity contribution in [2.45, 2.75) is 13.3 Å². The Kier molecular flexibility index (Phi) is 4.15. The number of nitrogens with two attached hydrogens (primary N) is 1. The van der Waals surface area contributed by atoms with Crippen LogP contribution in [0.15, 0.2) is 30.6 Å². The highest BCUT2D eigenvalue weighted by Crippen LogP contribution is 2.25. The number of aromatic nitrogens is 2. The summed E-state index contributed by atoms with van der Waals surface area (Å²) < 4.78 is 5.19. The van der Waals surface area contributed by atoms with Crippen molar-refractivity contribution in [3.05, 3.63) is 36.2 Å². The summed E-state index contributed by atoms with van der Waals surface area (Å²) in [5, 5.41) is 3.25. The Morgan fingerprint density at radius 2 is 2.05 bits per heavy atom. The smallest absolute Gasteiger partial charge is 0.148 e. The molecule has 0 saturated carbocycles. The Hall–Kier alpha value is -2.34. The molecular formula is C13H17N5O. The van der Waals surface area contributed by atoms with Crippen molar-refractivity contribution in [1.82, 2.24) is 9.97 Å². The molecule has 0 saturated heterocycles. The van der Waals surface area contributed by atoms with Crippen LogP contribution in [0.5, 0.6) is 5.75 Å². The predicted molar refractivity (Wildman–Crippen MR) is 75.5 cm³/mol. The van der Waals surface area contributed by atoms with Crippen molar-refractivity contribution in [3.63, 3.8) is 0 Å². The molecular weight excluding hydrogens is 242 g/mol. The SMILES string of the molecule is CCc1c(NN)ncnc1Nc1cccc(OC)c1. The molecule has 0 unspecified atom stereocenters. The van der Waals surface area contributed by atoms with Gasteiger partial charge in [-0.1, -0.05) is 13.0 Å². The Morgan fingerprint density at radius 3 is 2.74 bits per heavy atom. The maximum absolute atomic E-state index is 5.45. The zero-order valence-corrected chi connectivity index (χ0v) is 11.0. The molecule has 1 aromatic carbocycles. The highest BCUT2D eigenvalue weighted by molar-refractivity contribution is 5.65. The Morgan fingerprint density at radius 1 is 1.26 bits per heavy atom. The lowest BCUT2D eigenvalue weighted by molar-refractivity contribution is 0.415. The minimum atomic E-state index is 0.628. The molecule has 0 spiro atoms. The molecule has 100 valence electrons. The van der Waals surface area contributed by atoms with Crippen LogP contribution in [0.4, 0.5) is 17.3 Å². The zero-order valence-electron chi connectivity index (χ0n) is 11.0. The standard InChI is InChI=1S/C13H17N5O/c1-3-11-12(15-8-16-13(11)18-14)17-9-5-4-6-10(7-9)19-2/h4-8H,3,14H2,1-2H3,(H2,15,16,17,18). The summed E-state index contributed by atoms with van der Waals surface area (Å²) in [6, 6.07) is 7.64. The minimum Gasteiger partial charge on any atom is -0.497 e. The van der Waals surface area contributed by atoms with Gasteiger partial charge in [-0.05, 0) is 18.6 Å². The Labute approximate surface area is 112 Å². The number of nitrogens with one attached hydrogen (secondary N) is 2. The fraction of sp³-hybridized carbons (Fsp3) is 0.231. The lowest BCUT2D eigenvalue weighted by Gasteiger charge is -2.13. The maximum Gasteiger partial charge on any atom is 0.148 e. The van der Waals surface area contributed by atoms with Gasteiger partial charge in [0.15, 0.2) is 0 Å². The molecule has 1 aromatic heterocycles. The highest BCUT2D eigenvalue weighted by atomic mass is 16.5. The summed E-state index contributed by atoms with van der Waals surface area (Å²) in [7, 11) is 1.64. The van der Waals surface area contributed by atoms with E-state index in [4.69, 9.17) is 10.6 Å². The number of hydrogen-bond donors (Lipinski definition) is 3. The van der Waals surface area contributed by atoms with E-state index in [1.807, 2.05) is 31.2 Å². The summed E-state index contributed by atoms with van der Waals surface area (Å²) in [6.45, 7) is 2.02. The molecule has 2 aromatic rings. The van der Waals surface area contributed by atoms with Gasteiger partial charge in [0.25, 0.3) is 0 Å². The van der Waals surface area contributed by atoms with E-state index in [1.54, 1.807) is 7.11 Å². The van der Waals surface area contributed by atoms with Crippen molar-refractivity contribution >= 4 is 17.3 Å². The quantitative estimate of drug-likeness (QED) is 0.563. The number of anilines is 3. The molecule has 0 aliphatic heterocycles. The van der Waals surface area contributed by atoms with Gasteiger partial charge in [-0.2, -0.15) is 0 Å². The van der Waals surface area contributed by atoms with Gasteiger partial charge in [-0.3, -0.25) is 0 Å². The normalized spacial score (nSPS) is 10.1. The summed E-state index contributed by atoms with van der Waals surface area (Å²) >= 11 is 0. The summed E-state index contributed by atoms with van der Waals surface area (Å²) in [5.41, 5.74) is 4.42. The summed E-state index contributed by atoms with van der Waals surface area (Å²) in [6.07, 6.45) is 2.24. The average molecular weight is 259 g/mol. The van der Waals surface area contributed by atoms with Gasteiger partial charge in [0.1, 0.15) is 23.7 Å². The van der Waals surface area contributed by atoms with Crippen LogP contribution in [0.2, 0.25) is 0 Å². The Balaban J connectivity index is 2.32. The van der Waals surface area contributed by atoms with E-state index in [0.29, 0.717) is 5.82 Å². The van der Waals surface area contributed by atoms with Crippen LogP contribution in [-0.4, -0.2) is 17.1 Å². The Bertz CT molecular complexity index is 558. The van der Waals surface area contributed by atoms with E-state index in [2.05, 4.69) is 20.7 Å². The third-order valence-electron chi connectivity index (χ3n) is 2.77. The molecule has 6 nitrogen and oxygen atoms in total.